The Bertz CT molecular complexity index is 2000. The Morgan fingerprint density at radius 1 is 1.11 bits per heavy atom. The molecule has 2 aliphatic heterocycles. The summed E-state index contributed by atoms with van der Waals surface area (Å²) in [5, 5.41) is 5.89. The van der Waals surface area contributed by atoms with Gasteiger partial charge in [-0.1, -0.05) is 32.9 Å². The standard InChI is InChI=1S/C39H50FN5O9S/c1-22-7-5-6-8-24-19-39(24,36(48)44-55(50,51)27-9-10-27)43-33(46)30-18-26(54-34-29-16-25(40)17-31(52-4)28(29)11-14-41-34)20-45(30)35(47)32(23(2)15-22)42-37(49)53-21-38(3)12-13-38/h6,8,11,14,16-17,22-24,26-27,30,32H,5,7,9-10,12-13,15,18-21H2,1-4H3,(H,42,49)(H,43,46)(H,44,48). The maximum absolute atomic E-state index is 14.8. The number of methoxy groups -OCH3 is 1. The maximum Gasteiger partial charge on any atom is 0.407 e. The van der Waals surface area contributed by atoms with Crippen molar-refractivity contribution in [2.24, 2.45) is 23.2 Å². The third kappa shape index (κ3) is 8.38. The van der Waals surface area contributed by atoms with Crippen molar-refractivity contribution in [3.8, 4) is 11.6 Å². The minimum Gasteiger partial charge on any atom is -0.496 e. The van der Waals surface area contributed by atoms with Crippen molar-refractivity contribution in [2.45, 2.75) is 108 Å². The Morgan fingerprint density at radius 3 is 2.58 bits per heavy atom. The van der Waals surface area contributed by atoms with Gasteiger partial charge in [0.15, 0.2) is 0 Å². The maximum atomic E-state index is 14.8. The molecule has 0 spiro atoms. The van der Waals surface area contributed by atoms with Crippen molar-refractivity contribution in [3.05, 3.63) is 42.4 Å². The van der Waals surface area contributed by atoms with Crippen molar-refractivity contribution < 1.29 is 46.2 Å². The van der Waals surface area contributed by atoms with E-state index in [1.807, 2.05) is 26.0 Å². The van der Waals surface area contributed by atoms with Gasteiger partial charge in [0.2, 0.25) is 27.7 Å². The van der Waals surface area contributed by atoms with E-state index in [-0.39, 0.29) is 54.9 Å². The van der Waals surface area contributed by atoms with Gasteiger partial charge in [-0.25, -0.2) is 22.6 Å². The smallest absolute Gasteiger partial charge is 0.407 e. The Morgan fingerprint density at radius 2 is 1.87 bits per heavy atom. The topological polar surface area (TPSA) is 182 Å². The monoisotopic (exact) mass is 783 g/mol. The largest absolute Gasteiger partial charge is 0.496 e. The predicted molar refractivity (Wildman–Crippen MR) is 199 cm³/mol. The Kier molecular flexibility index (Phi) is 10.5. The van der Waals surface area contributed by atoms with E-state index in [9.17, 15) is 32.0 Å². The van der Waals surface area contributed by atoms with Crippen molar-refractivity contribution in [2.75, 3.05) is 20.3 Å². The van der Waals surface area contributed by atoms with Gasteiger partial charge in [0, 0.05) is 35.4 Å². The molecule has 0 bridgehead atoms. The van der Waals surface area contributed by atoms with Gasteiger partial charge in [-0.2, -0.15) is 0 Å². The number of nitrogens with zero attached hydrogens (tertiary/aromatic N) is 2. The minimum atomic E-state index is -3.92. The third-order valence-electron chi connectivity index (χ3n) is 11.8. The fourth-order valence-corrected chi connectivity index (χ4v) is 9.24. The molecule has 7 unspecified atom stereocenters. The lowest BCUT2D eigenvalue weighted by atomic mass is 9.88. The summed E-state index contributed by atoms with van der Waals surface area (Å²) in [6.45, 7) is 6.08. The van der Waals surface area contributed by atoms with E-state index in [0.717, 1.165) is 19.3 Å². The van der Waals surface area contributed by atoms with Crippen molar-refractivity contribution in [1.29, 1.82) is 0 Å². The molecule has 3 aliphatic carbocycles. The number of hydrogen-bond donors (Lipinski definition) is 3. The molecule has 7 atom stereocenters. The summed E-state index contributed by atoms with van der Waals surface area (Å²) in [4.78, 5) is 61.9. The summed E-state index contributed by atoms with van der Waals surface area (Å²) in [5.41, 5.74) is -1.63. The van der Waals surface area contributed by atoms with Crippen molar-refractivity contribution >= 4 is 44.6 Å². The van der Waals surface area contributed by atoms with Crippen LogP contribution in [0.3, 0.4) is 0 Å². The highest BCUT2D eigenvalue weighted by Gasteiger charge is 2.62. The van der Waals surface area contributed by atoms with Crippen molar-refractivity contribution in [3.63, 3.8) is 0 Å². The number of alkyl carbamates (subject to hydrolysis) is 1. The average molecular weight is 784 g/mol. The fraction of sp³-hybridized carbons (Fsp3) is 0.615. The Balaban J connectivity index is 1.21. The number of halogens is 1. The minimum absolute atomic E-state index is 0.0407. The number of fused-ring (bicyclic) bond motifs is 3. The van der Waals surface area contributed by atoms with E-state index in [0.29, 0.717) is 36.5 Å². The number of aromatic nitrogens is 1. The summed E-state index contributed by atoms with van der Waals surface area (Å²) in [6, 6.07) is 1.91. The first-order chi connectivity index (χ1) is 26.1. The molecule has 55 heavy (non-hydrogen) atoms. The van der Waals surface area contributed by atoms with Gasteiger partial charge in [-0.15, -0.1) is 0 Å². The van der Waals surface area contributed by atoms with E-state index in [4.69, 9.17) is 14.2 Å². The lowest BCUT2D eigenvalue weighted by Gasteiger charge is -2.32. The van der Waals surface area contributed by atoms with Gasteiger partial charge >= 0.3 is 6.09 Å². The van der Waals surface area contributed by atoms with Gasteiger partial charge < -0.3 is 29.7 Å². The van der Waals surface area contributed by atoms with E-state index >= 15 is 0 Å². The van der Waals surface area contributed by atoms with E-state index in [1.54, 1.807) is 6.07 Å². The zero-order valence-corrected chi connectivity index (χ0v) is 32.5. The summed E-state index contributed by atoms with van der Waals surface area (Å²) in [5.74, 6) is -2.95. The number of nitrogens with one attached hydrogen (secondary N) is 3. The summed E-state index contributed by atoms with van der Waals surface area (Å²) >= 11 is 0. The van der Waals surface area contributed by atoms with Crippen LogP contribution in [0.4, 0.5) is 9.18 Å². The quantitative estimate of drug-likeness (QED) is 0.313. The van der Waals surface area contributed by atoms with Crippen LogP contribution in [0.25, 0.3) is 10.8 Å². The molecule has 4 amide bonds. The zero-order chi connectivity index (χ0) is 39.3. The number of allylic oxidation sites excluding steroid dienone is 1. The van der Waals surface area contributed by atoms with Crippen LogP contribution >= 0.6 is 0 Å². The van der Waals surface area contributed by atoms with Gasteiger partial charge in [0.1, 0.15) is 35.3 Å². The van der Waals surface area contributed by atoms with Gasteiger partial charge in [-0.05, 0) is 75.3 Å². The van der Waals surface area contributed by atoms with E-state index in [2.05, 4.69) is 27.3 Å². The molecule has 298 valence electrons. The first-order valence-electron chi connectivity index (χ1n) is 19.2. The highest BCUT2D eigenvalue weighted by Crippen LogP contribution is 2.47. The highest BCUT2D eigenvalue weighted by atomic mass is 32.2. The molecular formula is C39H50FN5O9S. The second-order valence-corrected chi connectivity index (χ2v) is 18.5. The molecule has 14 nitrogen and oxygen atoms in total. The summed E-state index contributed by atoms with van der Waals surface area (Å²) < 4.78 is 59.9. The summed E-state index contributed by atoms with van der Waals surface area (Å²) in [7, 11) is -2.50. The average Bonchev–Trinajstić information content (AvgIpc) is 4.08. The molecule has 1 aromatic carbocycles. The van der Waals surface area contributed by atoms with Gasteiger partial charge in [0.05, 0.1) is 30.9 Å². The van der Waals surface area contributed by atoms with Crippen LogP contribution in [-0.2, 0) is 29.1 Å². The van der Waals surface area contributed by atoms with Crippen molar-refractivity contribution in [1.82, 2.24) is 25.2 Å². The zero-order valence-electron chi connectivity index (χ0n) is 31.6. The molecular weight excluding hydrogens is 734 g/mol. The van der Waals surface area contributed by atoms with E-state index < -0.39 is 74.5 Å². The van der Waals surface area contributed by atoms with Gasteiger partial charge in [-0.3, -0.25) is 19.1 Å². The molecule has 16 heteroatoms. The fourth-order valence-electron chi connectivity index (χ4n) is 7.88. The van der Waals surface area contributed by atoms with Gasteiger partial charge in [0.25, 0.3) is 5.91 Å². The number of benzene rings is 1. The molecule has 0 radical (unpaired) electrons. The highest BCUT2D eigenvalue weighted by molar-refractivity contribution is 7.91. The normalized spacial score (nSPS) is 30.5. The molecule has 1 saturated heterocycles. The molecule has 7 rings (SSSR count). The van der Waals surface area contributed by atoms with Crippen LogP contribution < -0.4 is 24.8 Å². The Hall–Kier alpha value is -4.47. The van der Waals surface area contributed by atoms with Crippen LogP contribution in [0.2, 0.25) is 0 Å². The first kappa shape index (κ1) is 38.8. The molecule has 5 aliphatic rings. The molecule has 3 N–H and O–H groups in total. The Labute approximate surface area is 320 Å². The second kappa shape index (κ2) is 14.9. The van der Waals surface area contributed by atoms with Crippen LogP contribution in [0.1, 0.15) is 78.6 Å². The number of carbonyl (C=O) groups is 4. The number of amides is 4. The predicted octanol–water partition coefficient (Wildman–Crippen LogP) is 4.12. The summed E-state index contributed by atoms with van der Waals surface area (Å²) in [6.07, 6.45) is 8.64. The third-order valence-corrected chi connectivity index (χ3v) is 13.6. The van der Waals surface area contributed by atoms with Crippen LogP contribution in [0.15, 0.2) is 36.5 Å². The number of sulfonamides is 1. The van der Waals surface area contributed by atoms with Crippen LogP contribution in [0.5, 0.6) is 11.6 Å². The lowest BCUT2D eigenvalue weighted by Crippen LogP contribution is -2.59. The first-order valence-corrected chi connectivity index (χ1v) is 20.7. The molecule has 3 heterocycles. The van der Waals surface area contributed by atoms with E-state index in [1.165, 1.54) is 30.3 Å². The second-order valence-electron chi connectivity index (χ2n) is 16.6. The number of carbonyl (C=O) groups excluding carboxylic acids is 4. The number of rotatable bonds is 9. The molecule has 2 aromatic rings. The molecule has 3 saturated carbocycles. The number of hydrogen-bond acceptors (Lipinski definition) is 10. The number of ether oxygens (including phenoxy) is 3. The van der Waals surface area contributed by atoms with Crippen LogP contribution in [-0.4, -0.2) is 91.4 Å². The molecule has 4 fully saturated rings. The SMILES string of the molecule is COc1cc(F)cc2c(OC3CC4C(=O)NC5(C(=O)NS(=O)(=O)C6CC6)CC5C=CCCC(C)CC(C)C(NC(=O)OCC5(C)CC5)C(=O)N4C3)nccc12. The number of pyridine rings is 1. The lowest BCUT2D eigenvalue weighted by molar-refractivity contribution is -0.142. The van der Waals surface area contributed by atoms with Crippen LogP contribution in [0, 0.1) is 29.0 Å². The molecule has 1 aromatic heterocycles.